The number of halogens is 6. The molecule has 3 heterocycles. The SMILES string of the molecule is CC1OCc2c1c(N)nc1ccc(C(=O)N(Cc3ccc(C(F)(F)F)cn3)[C@H]3C[C@@H]3C(F)(F)F)cc21. The molecule has 5 rings (SSSR count). The zero-order valence-electron chi connectivity index (χ0n) is 18.8. The van der Waals surface area contributed by atoms with Crippen LogP contribution in [0.5, 0.6) is 0 Å². The molecule has 1 aliphatic carbocycles. The van der Waals surface area contributed by atoms with Crippen LogP contribution in [0.25, 0.3) is 10.9 Å². The number of nitrogens with two attached hydrogens (primary N) is 1. The smallest absolute Gasteiger partial charge is 0.383 e. The molecule has 12 heteroatoms. The predicted octanol–water partition coefficient (Wildman–Crippen LogP) is 5.42. The lowest BCUT2D eigenvalue weighted by Gasteiger charge is -2.24. The van der Waals surface area contributed by atoms with Gasteiger partial charge in [-0.05, 0) is 49.2 Å². The summed E-state index contributed by atoms with van der Waals surface area (Å²) in [7, 11) is 0. The van der Waals surface area contributed by atoms with Crippen molar-refractivity contribution in [2.45, 2.75) is 51.0 Å². The normalized spacial score (nSPS) is 21.5. The van der Waals surface area contributed by atoms with Gasteiger partial charge in [0.1, 0.15) is 5.82 Å². The van der Waals surface area contributed by atoms with Crippen molar-refractivity contribution in [2.24, 2.45) is 5.92 Å². The average molecular weight is 510 g/mol. The van der Waals surface area contributed by atoms with Gasteiger partial charge in [-0.3, -0.25) is 9.78 Å². The highest BCUT2D eigenvalue weighted by atomic mass is 19.4. The number of hydrogen-bond acceptors (Lipinski definition) is 5. The lowest BCUT2D eigenvalue weighted by Crippen LogP contribution is -2.35. The van der Waals surface area contributed by atoms with E-state index in [1.54, 1.807) is 12.1 Å². The molecule has 6 nitrogen and oxygen atoms in total. The van der Waals surface area contributed by atoms with E-state index in [9.17, 15) is 31.1 Å². The average Bonchev–Trinajstić information content (AvgIpc) is 3.52. The minimum Gasteiger partial charge on any atom is -0.383 e. The van der Waals surface area contributed by atoms with E-state index in [2.05, 4.69) is 9.97 Å². The first-order valence-electron chi connectivity index (χ1n) is 11.1. The van der Waals surface area contributed by atoms with E-state index in [0.717, 1.165) is 22.6 Å². The van der Waals surface area contributed by atoms with Crippen LogP contribution in [0.15, 0.2) is 36.5 Å². The summed E-state index contributed by atoms with van der Waals surface area (Å²) < 4.78 is 84.3. The third-order valence-corrected chi connectivity index (χ3v) is 6.62. The topological polar surface area (TPSA) is 81.3 Å². The molecule has 2 aliphatic rings. The fraction of sp³-hybridized carbons (Fsp3) is 0.375. The van der Waals surface area contributed by atoms with E-state index >= 15 is 0 Å². The van der Waals surface area contributed by atoms with Crippen LogP contribution in [0.4, 0.5) is 32.2 Å². The van der Waals surface area contributed by atoms with E-state index in [0.29, 0.717) is 28.5 Å². The van der Waals surface area contributed by atoms with E-state index in [-0.39, 0.29) is 36.9 Å². The van der Waals surface area contributed by atoms with Crippen LogP contribution in [0.2, 0.25) is 0 Å². The molecule has 2 N–H and O–H groups in total. The first-order chi connectivity index (χ1) is 16.8. The van der Waals surface area contributed by atoms with Crippen molar-refractivity contribution in [3.05, 3.63) is 64.5 Å². The number of aromatic nitrogens is 2. The van der Waals surface area contributed by atoms with E-state index in [1.807, 2.05) is 6.92 Å². The van der Waals surface area contributed by atoms with Crippen LogP contribution in [0.3, 0.4) is 0 Å². The molecule has 0 saturated heterocycles. The minimum atomic E-state index is -4.61. The number of pyridine rings is 2. The molecule has 3 atom stereocenters. The van der Waals surface area contributed by atoms with Crippen LogP contribution in [-0.2, 0) is 24.1 Å². The van der Waals surface area contributed by atoms with Gasteiger partial charge in [0.05, 0.1) is 41.9 Å². The van der Waals surface area contributed by atoms with E-state index in [4.69, 9.17) is 10.5 Å². The summed E-state index contributed by atoms with van der Waals surface area (Å²) in [6, 6.07) is 5.26. The van der Waals surface area contributed by atoms with Gasteiger partial charge in [-0.25, -0.2) is 4.98 Å². The van der Waals surface area contributed by atoms with Crippen molar-refractivity contribution in [1.82, 2.24) is 14.9 Å². The summed E-state index contributed by atoms with van der Waals surface area (Å²) in [5.74, 6) is -2.09. The Morgan fingerprint density at radius 3 is 2.53 bits per heavy atom. The number of anilines is 1. The maximum atomic E-state index is 13.5. The summed E-state index contributed by atoms with van der Waals surface area (Å²) in [4.78, 5) is 22.6. The van der Waals surface area contributed by atoms with Gasteiger partial charge < -0.3 is 15.4 Å². The number of benzene rings is 1. The Bertz CT molecular complexity index is 1340. The first kappa shape index (κ1) is 24.3. The third-order valence-electron chi connectivity index (χ3n) is 6.62. The Labute approximate surface area is 201 Å². The highest BCUT2D eigenvalue weighted by Crippen LogP contribution is 2.48. The zero-order valence-corrected chi connectivity index (χ0v) is 18.8. The molecule has 0 radical (unpaired) electrons. The molecule has 1 amide bonds. The van der Waals surface area contributed by atoms with E-state index in [1.165, 1.54) is 6.07 Å². The minimum absolute atomic E-state index is 0.0440. The molecule has 1 aromatic carbocycles. The van der Waals surface area contributed by atoms with E-state index < -0.39 is 35.8 Å². The van der Waals surface area contributed by atoms with Crippen molar-refractivity contribution >= 4 is 22.6 Å². The second-order valence-corrected chi connectivity index (χ2v) is 8.99. The third kappa shape index (κ3) is 4.34. The van der Waals surface area contributed by atoms with Gasteiger partial charge in [0, 0.05) is 28.8 Å². The van der Waals surface area contributed by atoms with Crippen LogP contribution >= 0.6 is 0 Å². The number of alkyl halides is 6. The highest BCUT2D eigenvalue weighted by Gasteiger charge is 2.59. The molecule has 0 spiro atoms. The Morgan fingerprint density at radius 2 is 1.92 bits per heavy atom. The second-order valence-electron chi connectivity index (χ2n) is 8.99. The van der Waals surface area contributed by atoms with Gasteiger partial charge in [0.15, 0.2) is 0 Å². The van der Waals surface area contributed by atoms with Crippen molar-refractivity contribution in [2.75, 3.05) is 5.73 Å². The van der Waals surface area contributed by atoms with Crippen LogP contribution in [0.1, 0.15) is 52.2 Å². The number of amides is 1. The largest absolute Gasteiger partial charge is 0.417 e. The number of carbonyl (C=O) groups is 1. The molecule has 2 aromatic heterocycles. The molecule has 1 saturated carbocycles. The fourth-order valence-electron chi connectivity index (χ4n) is 4.64. The van der Waals surface area contributed by atoms with Crippen molar-refractivity contribution < 1.29 is 35.9 Å². The summed E-state index contributed by atoms with van der Waals surface area (Å²) in [5.41, 5.74) is 7.20. The molecule has 190 valence electrons. The maximum Gasteiger partial charge on any atom is 0.417 e. The molecule has 1 fully saturated rings. The summed E-state index contributed by atoms with van der Waals surface area (Å²) in [5, 5.41) is 0.602. The van der Waals surface area contributed by atoms with Gasteiger partial charge >= 0.3 is 12.4 Å². The fourth-order valence-corrected chi connectivity index (χ4v) is 4.64. The van der Waals surface area contributed by atoms with Gasteiger partial charge in [-0.15, -0.1) is 0 Å². The number of hydrogen-bond donors (Lipinski definition) is 1. The standard InChI is InChI=1S/C24H20F6N4O2/c1-11-20-16(10-36-11)15-6-12(2-5-18(15)33-21(20)31)22(35)34(19-7-17(19)24(28,29)30)9-14-4-3-13(8-32-14)23(25,26)27/h2-6,8,11,17,19H,7,9-10H2,1H3,(H2,31,33)/t11?,17-,19-/m0/s1. The van der Waals surface area contributed by atoms with Gasteiger partial charge in [-0.1, -0.05) is 0 Å². The number of carbonyl (C=O) groups excluding carboxylic acids is 1. The van der Waals surface area contributed by atoms with Crippen molar-refractivity contribution in [1.29, 1.82) is 0 Å². The number of ether oxygens (including phenoxy) is 1. The lowest BCUT2D eigenvalue weighted by atomic mass is 10.00. The van der Waals surface area contributed by atoms with Gasteiger partial charge in [0.2, 0.25) is 0 Å². The van der Waals surface area contributed by atoms with Crippen LogP contribution in [-0.4, -0.2) is 33.0 Å². The Hall–Kier alpha value is -3.41. The Balaban J connectivity index is 1.50. The van der Waals surface area contributed by atoms with Gasteiger partial charge in [-0.2, -0.15) is 26.3 Å². The molecule has 3 aromatic rings. The van der Waals surface area contributed by atoms with Crippen LogP contribution in [0, 0.1) is 5.92 Å². The predicted molar refractivity (Wildman–Crippen MR) is 116 cm³/mol. The summed E-state index contributed by atoms with van der Waals surface area (Å²) in [6.45, 7) is 1.69. The highest BCUT2D eigenvalue weighted by molar-refractivity contribution is 5.99. The number of nitrogens with zero attached hydrogens (tertiary/aromatic N) is 3. The molecular formula is C24H20F6N4O2. The molecule has 1 unspecified atom stereocenters. The summed E-state index contributed by atoms with van der Waals surface area (Å²) in [6.07, 6.45) is -9.10. The second kappa shape index (κ2) is 8.32. The van der Waals surface area contributed by atoms with Crippen LogP contribution < -0.4 is 5.73 Å². The number of rotatable bonds is 4. The molecular weight excluding hydrogens is 490 g/mol. The van der Waals surface area contributed by atoms with Gasteiger partial charge in [0.25, 0.3) is 5.91 Å². The first-order valence-corrected chi connectivity index (χ1v) is 11.1. The monoisotopic (exact) mass is 510 g/mol. The number of fused-ring (bicyclic) bond motifs is 3. The zero-order chi connectivity index (χ0) is 26.0. The summed E-state index contributed by atoms with van der Waals surface area (Å²) >= 11 is 0. The van der Waals surface area contributed by atoms with Crippen molar-refractivity contribution in [3.8, 4) is 0 Å². The van der Waals surface area contributed by atoms with Crippen molar-refractivity contribution in [3.63, 3.8) is 0 Å². The quantitative estimate of drug-likeness (QED) is 0.475. The molecule has 1 aliphatic heterocycles. The Kier molecular flexibility index (Phi) is 5.62. The maximum absolute atomic E-state index is 13.5. The Morgan fingerprint density at radius 1 is 1.17 bits per heavy atom. The lowest BCUT2D eigenvalue weighted by molar-refractivity contribution is -0.151. The number of nitrogen functional groups attached to an aromatic ring is 1. The molecule has 0 bridgehead atoms. The molecule has 36 heavy (non-hydrogen) atoms.